The van der Waals surface area contributed by atoms with Gasteiger partial charge in [-0.1, -0.05) is 29.8 Å². The average Bonchev–Trinajstić information content (AvgIpc) is 2.77. The number of amides is 1. The number of nitrogens with one attached hydrogen (secondary N) is 1. The number of piperazine rings is 1. The van der Waals surface area contributed by atoms with Crippen LogP contribution in [-0.2, 0) is 29.1 Å². The lowest BCUT2D eigenvalue weighted by Crippen LogP contribution is -2.53. The Kier molecular flexibility index (Phi) is 10.7. The van der Waals surface area contributed by atoms with Crippen LogP contribution in [0.15, 0.2) is 47.5 Å². The van der Waals surface area contributed by atoms with Gasteiger partial charge in [-0.15, -0.1) is 24.0 Å². The maximum Gasteiger partial charge on any atom is 0.227 e. The minimum atomic E-state index is -0.270. The predicted octanol–water partition coefficient (Wildman–Crippen LogP) is 3.71. The zero-order valence-corrected chi connectivity index (χ0v) is 21.4. The molecule has 1 amide bonds. The van der Waals surface area contributed by atoms with E-state index < -0.39 is 0 Å². The van der Waals surface area contributed by atoms with E-state index in [4.69, 9.17) is 16.3 Å². The molecule has 0 aliphatic carbocycles. The summed E-state index contributed by atoms with van der Waals surface area (Å²) in [5, 5.41) is 3.97. The molecule has 0 atom stereocenters. The molecule has 6 nitrogen and oxygen atoms in total. The van der Waals surface area contributed by atoms with E-state index in [-0.39, 0.29) is 42.3 Å². The van der Waals surface area contributed by atoms with E-state index in [1.54, 1.807) is 32.4 Å². The Balaban J connectivity index is 0.00000363. The van der Waals surface area contributed by atoms with Crippen LogP contribution < -0.4 is 5.32 Å². The van der Waals surface area contributed by atoms with Crippen LogP contribution >= 0.6 is 35.6 Å². The van der Waals surface area contributed by atoms with Gasteiger partial charge in [-0.2, -0.15) is 0 Å². The topological polar surface area (TPSA) is 57.2 Å². The number of nitrogens with zero attached hydrogens (tertiary/aromatic N) is 3. The normalized spacial score (nSPS) is 14.2. The summed E-state index contributed by atoms with van der Waals surface area (Å²) in [7, 11) is 3.28. The molecule has 9 heteroatoms. The summed E-state index contributed by atoms with van der Waals surface area (Å²) in [5.41, 5.74) is 2.40. The van der Waals surface area contributed by atoms with Gasteiger partial charge in [0.05, 0.1) is 13.0 Å². The summed E-state index contributed by atoms with van der Waals surface area (Å²) in [5.74, 6) is 0.593. The number of aliphatic imine (C=N–C) groups is 1. The number of carbonyl (C=O) groups excluding carboxylic acids is 1. The Hall–Kier alpha value is -1.91. The Morgan fingerprint density at radius 3 is 2.50 bits per heavy atom. The maximum absolute atomic E-state index is 13.8. The second kappa shape index (κ2) is 13.0. The van der Waals surface area contributed by atoms with Gasteiger partial charge in [-0.25, -0.2) is 4.39 Å². The number of hydrogen-bond acceptors (Lipinski definition) is 3. The summed E-state index contributed by atoms with van der Waals surface area (Å²) < 4.78 is 18.8. The highest BCUT2D eigenvalue weighted by molar-refractivity contribution is 14.0. The largest absolute Gasteiger partial charge is 0.380 e. The number of methoxy groups -OCH3 is 1. The Bertz CT molecular complexity index is 936. The van der Waals surface area contributed by atoms with Crippen molar-refractivity contribution >= 4 is 47.4 Å². The lowest BCUT2D eigenvalue weighted by Gasteiger charge is -2.36. The van der Waals surface area contributed by atoms with E-state index in [9.17, 15) is 9.18 Å². The Labute approximate surface area is 210 Å². The summed E-state index contributed by atoms with van der Waals surface area (Å²) in [6.45, 7) is 3.42. The van der Waals surface area contributed by atoms with Crippen LogP contribution in [0.5, 0.6) is 0 Å². The van der Waals surface area contributed by atoms with Crippen LogP contribution in [0.25, 0.3) is 0 Å². The summed E-state index contributed by atoms with van der Waals surface area (Å²) in [6, 6.07) is 12.4. The van der Waals surface area contributed by atoms with E-state index in [1.807, 2.05) is 23.1 Å². The zero-order chi connectivity index (χ0) is 22.2. The van der Waals surface area contributed by atoms with E-state index in [0.717, 1.165) is 17.1 Å². The smallest absolute Gasteiger partial charge is 0.227 e. The molecule has 1 N–H and O–H groups in total. The first-order valence-electron chi connectivity index (χ1n) is 10.2. The van der Waals surface area contributed by atoms with Crippen LogP contribution in [0, 0.1) is 5.82 Å². The van der Waals surface area contributed by atoms with Crippen molar-refractivity contribution in [1.29, 1.82) is 0 Å². The molecule has 2 aromatic carbocycles. The Morgan fingerprint density at radius 2 is 1.84 bits per heavy atom. The first-order chi connectivity index (χ1) is 15.0. The minimum Gasteiger partial charge on any atom is -0.380 e. The molecule has 1 saturated heterocycles. The van der Waals surface area contributed by atoms with Gasteiger partial charge < -0.3 is 19.9 Å². The molecular formula is C23H29ClFIN4O2. The predicted molar refractivity (Wildman–Crippen MR) is 136 cm³/mol. The van der Waals surface area contributed by atoms with E-state index in [1.165, 1.54) is 6.07 Å². The fraction of sp³-hybridized carbons (Fsp3) is 0.391. The van der Waals surface area contributed by atoms with Gasteiger partial charge in [0.1, 0.15) is 5.82 Å². The number of benzene rings is 2. The molecule has 0 saturated carbocycles. The average molecular weight is 575 g/mol. The number of ether oxygens (including phenoxy) is 1. The zero-order valence-electron chi connectivity index (χ0n) is 18.3. The molecule has 1 aliphatic heterocycles. The maximum atomic E-state index is 13.8. The van der Waals surface area contributed by atoms with E-state index in [2.05, 4.69) is 15.2 Å². The molecule has 3 rings (SSSR count). The number of halogens is 3. The van der Waals surface area contributed by atoms with Gasteiger partial charge in [-0.05, 0) is 35.4 Å². The molecule has 1 aliphatic rings. The highest BCUT2D eigenvalue weighted by atomic mass is 127. The second-order valence-electron chi connectivity index (χ2n) is 7.43. The van der Waals surface area contributed by atoms with Gasteiger partial charge in [0.25, 0.3) is 0 Å². The molecule has 1 heterocycles. The van der Waals surface area contributed by atoms with Crippen LogP contribution in [0.2, 0.25) is 5.02 Å². The van der Waals surface area contributed by atoms with Crippen LogP contribution in [0.1, 0.15) is 16.7 Å². The highest BCUT2D eigenvalue weighted by Gasteiger charge is 2.23. The Morgan fingerprint density at radius 1 is 1.12 bits per heavy atom. The SMILES string of the molecule is CN=C(NCc1ccc(F)c(COC)c1)N1CCN(C(=O)Cc2cccc(Cl)c2)CC1.I. The van der Waals surface area contributed by atoms with Crippen LogP contribution in [-0.4, -0.2) is 62.0 Å². The van der Waals surface area contributed by atoms with Crippen molar-refractivity contribution in [2.75, 3.05) is 40.3 Å². The van der Waals surface area contributed by atoms with Crippen molar-refractivity contribution in [2.24, 2.45) is 4.99 Å². The van der Waals surface area contributed by atoms with E-state index >= 15 is 0 Å². The van der Waals surface area contributed by atoms with Crippen molar-refractivity contribution in [2.45, 2.75) is 19.6 Å². The third-order valence-corrected chi connectivity index (χ3v) is 5.48. The fourth-order valence-corrected chi connectivity index (χ4v) is 3.83. The monoisotopic (exact) mass is 574 g/mol. The summed E-state index contributed by atoms with van der Waals surface area (Å²) in [6.07, 6.45) is 0.349. The lowest BCUT2D eigenvalue weighted by molar-refractivity contribution is -0.131. The van der Waals surface area contributed by atoms with Gasteiger partial charge in [0, 0.05) is 57.5 Å². The third kappa shape index (κ3) is 7.31. The first-order valence-corrected chi connectivity index (χ1v) is 10.6. The van der Waals surface area contributed by atoms with Crippen molar-refractivity contribution in [3.05, 3.63) is 70.0 Å². The van der Waals surface area contributed by atoms with Crippen molar-refractivity contribution in [3.8, 4) is 0 Å². The molecule has 174 valence electrons. The van der Waals surface area contributed by atoms with Crippen LogP contribution in [0.3, 0.4) is 0 Å². The van der Waals surface area contributed by atoms with Gasteiger partial charge in [0.15, 0.2) is 5.96 Å². The second-order valence-corrected chi connectivity index (χ2v) is 7.87. The fourth-order valence-electron chi connectivity index (χ4n) is 3.62. The van der Waals surface area contributed by atoms with Crippen LogP contribution in [0.4, 0.5) is 4.39 Å². The summed E-state index contributed by atoms with van der Waals surface area (Å²) >= 11 is 6.01. The van der Waals surface area contributed by atoms with Gasteiger partial charge in [-0.3, -0.25) is 9.79 Å². The number of rotatable bonds is 6. The molecule has 0 spiro atoms. The van der Waals surface area contributed by atoms with E-state index in [0.29, 0.717) is 49.7 Å². The lowest BCUT2D eigenvalue weighted by atomic mass is 10.1. The molecule has 0 unspecified atom stereocenters. The molecule has 32 heavy (non-hydrogen) atoms. The molecule has 1 fully saturated rings. The number of guanidine groups is 1. The summed E-state index contributed by atoms with van der Waals surface area (Å²) in [4.78, 5) is 21.0. The number of hydrogen-bond donors (Lipinski definition) is 1. The van der Waals surface area contributed by atoms with Gasteiger partial charge >= 0.3 is 0 Å². The molecular weight excluding hydrogens is 546 g/mol. The van der Waals surface area contributed by atoms with Gasteiger partial charge in [0.2, 0.25) is 5.91 Å². The standard InChI is InChI=1S/C23H28ClFN4O2.HI/c1-26-23(27-15-18-6-7-21(25)19(12-18)16-31-2)29-10-8-28(9-11-29)22(30)14-17-4-3-5-20(24)13-17;/h3-7,12-13H,8-11,14-16H2,1-2H3,(H,26,27);1H. The first kappa shape index (κ1) is 26.3. The third-order valence-electron chi connectivity index (χ3n) is 5.25. The molecule has 2 aromatic rings. The molecule has 0 radical (unpaired) electrons. The highest BCUT2D eigenvalue weighted by Crippen LogP contribution is 2.14. The molecule has 0 aromatic heterocycles. The van der Waals surface area contributed by atoms with Crippen molar-refractivity contribution in [1.82, 2.24) is 15.1 Å². The minimum absolute atomic E-state index is 0. The van der Waals surface area contributed by atoms with Crippen molar-refractivity contribution in [3.63, 3.8) is 0 Å². The van der Waals surface area contributed by atoms with Crippen molar-refractivity contribution < 1.29 is 13.9 Å². The quantitative estimate of drug-likeness (QED) is 0.325. The molecule has 0 bridgehead atoms. The number of carbonyl (C=O) groups is 1.